The molecule has 0 saturated heterocycles. The molecule has 0 fully saturated rings. The number of aromatic nitrogens is 2. The summed E-state index contributed by atoms with van der Waals surface area (Å²) in [4.78, 5) is 54.2. The van der Waals surface area contributed by atoms with E-state index in [1.807, 2.05) is 26.0 Å². The lowest BCUT2D eigenvalue weighted by Crippen LogP contribution is -2.29. The van der Waals surface area contributed by atoms with Gasteiger partial charge in [-0.2, -0.15) is 0 Å². The minimum atomic E-state index is -0.296. The molecule has 4 rings (SSSR count). The molecule has 37 heavy (non-hydrogen) atoms. The lowest BCUT2D eigenvalue weighted by molar-refractivity contribution is 0.384. The van der Waals surface area contributed by atoms with E-state index in [0.29, 0.717) is 56.5 Å². The number of unbranched alkanes of at least 4 members (excludes halogenated alkanes) is 2. The van der Waals surface area contributed by atoms with Gasteiger partial charge in [-0.1, -0.05) is 59.8 Å². The van der Waals surface area contributed by atoms with Gasteiger partial charge in [0.2, 0.25) is 0 Å². The Hall–Kier alpha value is -3.02. The molecule has 2 aromatic heterocycles. The molecule has 4 aromatic rings. The summed E-state index contributed by atoms with van der Waals surface area (Å²) in [6.07, 6.45) is 7.12. The lowest BCUT2D eigenvalue weighted by atomic mass is 9.95. The van der Waals surface area contributed by atoms with E-state index in [2.05, 4.69) is 27.7 Å². The quantitative estimate of drug-likeness (QED) is 0.261. The van der Waals surface area contributed by atoms with E-state index in [9.17, 15) is 19.2 Å². The largest absolute Gasteiger partial charge is 0.274 e. The van der Waals surface area contributed by atoms with Crippen molar-refractivity contribution < 1.29 is 0 Å². The molecular weight excluding hydrogens is 464 g/mol. The third kappa shape index (κ3) is 4.60. The van der Waals surface area contributed by atoms with Gasteiger partial charge in [0.05, 0.1) is 21.5 Å². The molecule has 0 saturated carbocycles. The summed E-state index contributed by atoms with van der Waals surface area (Å²) in [5.74, 6) is 0.480. The van der Waals surface area contributed by atoms with Gasteiger partial charge in [-0.3, -0.25) is 28.3 Å². The van der Waals surface area contributed by atoms with Gasteiger partial charge in [-0.15, -0.1) is 0 Å². The first kappa shape index (κ1) is 27.0. The van der Waals surface area contributed by atoms with Crippen molar-refractivity contribution in [2.45, 2.75) is 99.6 Å². The average molecular weight is 505 g/mol. The van der Waals surface area contributed by atoms with Crippen LogP contribution in [-0.4, -0.2) is 9.13 Å². The Morgan fingerprint density at radius 1 is 0.649 bits per heavy atom. The molecule has 0 aliphatic rings. The fourth-order valence-corrected chi connectivity index (χ4v) is 5.99. The standard InChI is InChI=1S/C31H40N2O4/c1-7-10-12-18(4)16-32-28(34)24-19(5)14-23-22(26(24)30(32)36)15-20(6)25-27(23)31(37)33(29(25)35)17-21(9-3)13-11-8-2/h14-15,18,21H,7-13,16-17H2,1-6H3. The number of benzene rings is 2. The average Bonchev–Trinajstić information content (AvgIpc) is 3.27. The SMILES string of the molecule is CCCCC(C)Cn1c(=O)c2c(C)cc3c(cc(C)c4c(=O)n(CC(CC)CCCC)c(=O)c43)c2c1=O. The van der Waals surface area contributed by atoms with E-state index in [1.54, 1.807) is 0 Å². The van der Waals surface area contributed by atoms with Gasteiger partial charge in [0.1, 0.15) is 0 Å². The van der Waals surface area contributed by atoms with Gasteiger partial charge in [0, 0.05) is 13.1 Å². The van der Waals surface area contributed by atoms with Crippen LogP contribution in [-0.2, 0) is 13.1 Å². The highest BCUT2D eigenvalue weighted by atomic mass is 16.2. The number of fused-ring (bicyclic) bond motifs is 5. The van der Waals surface area contributed by atoms with Crippen molar-refractivity contribution in [2.24, 2.45) is 11.8 Å². The molecule has 6 heteroatoms. The molecule has 2 heterocycles. The summed E-state index contributed by atoms with van der Waals surface area (Å²) in [5, 5.41) is 2.82. The first-order valence-corrected chi connectivity index (χ1v) is 14.0. The molecular formula is C31H40N2O4. The molecule has 198 valence electrons. The van der Waals surface area contributed by atoms with Gasteiger partial charge < -0.3 is 0 Å². The Balaban J connectivity index is 1.98. The van der Waals surface area contributed by atoms with Gasteiger partial charge in [0.15, 0.2) is 0 Å². The highest BCUT2D eigenvalue weighted by Gasteiger charge is 2.24. The molecule has 2 aromatic carbocycles. The second-order valence-corrected chi connectivity index (χ2v) is 11.1. The van der Waals surface area contributed by atoms with Crippen molar-refractivity contribution >= 4 is 32.3 Å². The first-order chi connectivity index (χ1) is 17.7. The summed E-state index contributed by atoms with van der Waals surface area (Å²) in [5.41, 5.74) is 0.253. The smallest absolute Gasteiger partial charge is 0.262 e. The van der Waals surface area contributed by atoms with E-state index in [1.165, 1.54) is 9.13 Å². The Morgan fingerprint density at radius 3 is 1.54 bits per heavy atom. The van der Waals surface area contributed by atoms with Crippen molar-refractivity contribution in [3.63, 3.8) is 0 Å². The molecule has 0 aliphatic heterocycles. The minimum absolute atomic E-state index is 0.215. The van der Waals surface area contributed by atoms with Crippen LogP contribution < -0.4 is 22.2 Å². The van der Waals surface area contributed by atoms with E-state index in [-0.39, 0.29) is 34.1 Å². The van der Waals surface area contributed by atoms with E-state index >= 15 is 0 Å². The lowest BCUT2D eigenvalue weighted by Gasteiger charge is -2.13. The van der Waals surface area contributed by atoms with Crippen molar-refractivity contribution in [3.05, 3.63) is 64.7 Å². The van der Waals surface area contributed by atoms with Crippen LogP contribution in [0.4, 0.5) is 0 Å². The second-order valence-electron chi connectivity index (χ2n) is 11.1. The molecule has 0 amide bonds. The molecule has 2 atom stereocenters. The van der Waals surface area contributed by atoms with Crippen LogP contribution in [0, 0.1) is 25.7 Å². The first-order valence-electron chi connectivity index (χ1n) is 14.0. The fourth-order valence-electron chi connectivity index (χ4n) is 5.99. The Labute approximate surface area is 217 Å². The molecule has 0 radical (unpaired) electrons. The zero-order valence-electron chi connectivity index (χ0n) is 23.2. The Kier molecular flexibility index (Phi) is 7.86. The monoisotopic (exact) mass is 504 g/mol. The summed E-state index contributed by atoms with van der Waals surface area (Å²) >= 11 is 0. The summed E-state index contributed by atoms with van der Waals surface area (Å²) in [6, 6.07) is 3.65. The van der Waals surface area contributed by atoms with Crippen molar-refractivity contribution in [1.29, 1.82) is 0 Å². The van der Waals surface area contributed by atoms with Gasteiger partial charge in [-0.25, -0.2) is 0 Å². The molecule has 6 nitrogen and oxygen atoms in total. The van der Waals surface area contributed by atoms with Crippen LogP contribution >= 0.6 is 0 Å². The number of nitrogens with zero attached hydrogens (tertiary/aromatic N) is 2. The molecule has 0 aliphatic carbocycles. The van der Waals surface area contributed by atoms with Crippen LogP contribution in [0.15, 0.2) is 31.3 Å². The Bertz CT molecular complexity index is 1660. The van der Waals surface area contributed by atoms with Crippen molar-refractivity contribution in [3.8, 4) is 0 Å². The van der Waals surface area contributed by atoms with Crippen LogP contribution in [0.5, 0.6) is 0 Å². The molecule has 0 N–H and O–H groups in total. The van der Waals surface area contributed by atoms with Crippen molar-refractivity contribution in [1.82, 2.24) is 9.13 Å². The van der Waals surface area contributed by atoms with Gasteiger partial charge in [-0.05, 0) is 72.6 Å². The fraction of sp³-hybridized carbons (Fsp3) is 0.548. The maximum atomic E-state index is 13.7. The zero-order chi connectivity index (χ0) is 27.0. The number of hydrogen-bond donors (Lipinski definition) is 0. The maximum Gasteiger partial charge on any atom is 0.262 e. The number of hydrogen-bond acceptors (Lipinski definition) is 4. The summed E-state index contributed by atoms with van der Waals surface area (Å²) < 4.78 is 2.77. The van der Waals surface area contributed by atoms with E-state index in [4.69, 9.17) is 0 Å². The molecule has 2 unspecified atom stereocenters. The topological polar surface area (TPSA) is 78.1 Å². The van der Waals surface area contributed by atoms with E-state index < -0.39 is 0 Å². The van der Waals surface area contributed by atoms with Gasteiger partial charge >= 0.3 is 0 Å². The van der Waals surface area contributed by atoms with Gasteiger partial charge in [0.25, 0.3) is 22.2 Å². The Morgan fingerprint density at radius 2 is 1.08 bits per heavy atom. The van der Waals surface area contributed by atoms with Crippen molar-refractivity contribution in [2.75, 3.05) is 0 Å². The third-order valence-corrected chi connectivity index (χ3v) is 8.20. The number of aryl methyl sites for hydroxylation is 2. The molecule has 0 spiro atoms. The predicted molar refractivity (Wildman–Crippen MR) is 154 cm³/mol. The zero-order valence-corrected chi connectivity index (χ0v) is 23.2. The minimum Gasteiger partial charge on any atom is -0.274 e. The van der Waals surface area contributed by atoms with Crippen LogP contribution in [0.3, 0.4) is 0 Å². The third-order valence-electron chi connectivity index (χ3n) is 8.20. The van der Waals surface area contributed by atoms with Crippen LogP contribution in [0.2, 0.25) is 0 Å². The predicted octanol–water partition coefficient (Wildman–Crippen LogP) is 5.73. The number of rotatable bonds is 11. The summed E-state index contributed by atoms with van der Waals surface area (Å²) in [7, 11) is 0. The van der Waals surface area contributed by atoms with Crippen LogP contribution in [0.25, 0.3) is 32.3 Å². The highest BCUT2D eigenvalue weighted by Crippen LogP contribution is 2.31. The van der Waals surface area contributed by atoms with E-state index in [0.717, 1.165) is 44.9 Å². The molecule has 0 bridgehead atoms. The second kappa shape index (κ2) is 10.8. The maximum absolute atomic E-state index is 13.7. The van der Waals surface area contributed by atoms with Crippen LogP contribution in [0.1, 0.15) is 83.8 Å². The normalized spacial score (nSPS) is 13.8. The summed E-state index contributed by atoms with van der Waals surface area (Å²) in [6.45, 7) is 12.9. The highest BCUT2D eigenvalue weighted by molar-refractivity contribution is 6.18.